The minimum absolute atomic E-state index is 0.0823. The molecule has 0 saturated heterocycles. The molecule has 0 saturated carbocycles. The SMILES string of the molecule is CCCCCCCCC(CC(=O)O)C(CC)(OCC)OCC. The first-order chi connectivity index (χ1) is 10.6. The van der Waals surface area contributed by atoms with Crippen molar-refractivity contribution in [3.05, 3.63) is 0 Å². The maximum atomic E-state index is 11.2. The minimum atomic E-state index is -0.770. The zero-order chi connectivity index (χ0) is 16.8. The molecule has 0 heterocycles. The van der Waals surface area contributed by atoms with Gasteiger partial charge >= 0.3 is 5.97 Å². The maximum absolute atomic E-state index is 11.2. The van der Waals surface area contributed by atoms with Crippen LogP contribution in [0, 0.1) is 5.92 Å². The van der Waals surface area contributed by atoms with E-state index < -0.39 is 11.8 Å². The Bertz CT molecular complexity index is 272. The Hall–Kier alpha value is -0.610. The number of carboxylic acid groups (broad SMARTS) is 1. The maximum Gasteiger partial charge on any atom is 0.303 e. The summed E-state index contributed by atoms with van der Waals surface area (Å²) in [5.41, 5.74) is 0. The molecule has 1 N–H and O–H groups in total. The van der Waals surface area contributed by atoms with Crippen molar-refractivity contribution in [2.75, 3.05) is 13.2 Å². The molecule has 0 rings (SSSR count). The van der Waals surface area contributed by atoms with Crippen LogP contribution in [0.15, 0.2) is 0 Å². The van der Waals surface area contributed by atoms with Crippen molar-refractivity contribution in [2.24, 2.45) is 5.92 Å². The molecular weight excluding hydrogens is 280 g/mol. The first kappa shape index (κ1) is 21.4. The number of unbranched alkanes of at least 4 members (excludes halogenated alkanes) is 5. The molecular formula is C18H36O4. The summed E-state index contributed by atoms with van der Waals surface area (Å²) in [7, 11) is 0. The first-order valence-corrected chi connectivity index (χ1v) is 9.05. The Labute approximate surface area is 136 Å². The highest BCUT2D eigenvalue weighted by molar-refractivity contribution is 5.67. The van der Waals surface area contributed by atoms with Gasteiger partial charge in [0.25, 0.3) is 0 Å². The molecule has 1 atom stereocenters. The normalized spacial score (nSPS) is 13.3. The van der Waals surface area contributed by atoms with E-state index in [1.165, 1.54) is 25.7 Å². The molecule has 132 valence electrons. The van der Waals surface area contributed by atoms with E-state index >= 15 is 0 Å². The number of ether oxygens (including phenoxy) is 2. The standard InChI is InChI=1S/C18H36O4/c1-5-9-10-11-12-13-14-16(15-17(19)20)18(6-2,21-7-3)22-8-4/h16H,5-15H2,1-4H3,(H,19,20). The molecule has 0 radical (unpaired) electrons. The van der Waals surface area contributed by atoms with Gasteiger partial charge in [-0.3, -0.25) is 4.79 Å². The second-order valence-corrected chi connectivity index (χ2v) is 5.88. The molecule has 0 aliphatic heterocycles. The third-order valence-corrected chi connectivity index (χ3v) is 4.22. The molecule has 4 nitrogen and oxygen atoms in total. The lowest BCUT2D eigenvalue weighted by molar-refractivity contribution is -0.267. The molecule has 1 unspecified atom stereocenters. The van der Waals surface area contributed by atoms with Crippen LogP contribution in [-0.4, -0.2) is 30.1 Å². The monoisotopic (exact) mass is 316 g/mol. The molecule has 0 fully saturated rings. The van der Waals surface area contributed by atoms with Crippen LogP contribution in [0.2, 0.25) is 0 Å². The smallest absolute Gasteiger partial charge is 0.303 e. The number of carbonyl (C=O) groups is 1. The second-order valence-electron chi connectivity index (χ2n) is 5.88. The van der Waals surface area contributed by atoms with Gasteiger partial charge in [-0.25, -0.2) is 0 Å². The topological polar surface area (TPSA) is 55.8 Å². The van der Waals surface area contributed by atoms with Crippen LogP contribution in [0.25, 0.3) is 0 Å². The Morgan fingerprint density at radius 1 is 0.955 bits per heavy atom. The predicted octanol–water partition coefficient (Wildman–Crippen LogP) is 5.01. The second kappa shape index (κ2) is 12.9. The minimum Gasteiger partial charge on any atom is -0.481 e. The van der Waals surface area contributed by atoms with Gasteiger partial charge in [-0.15, -0.1) is 0 Å². The van der Waals surface area contributed by atoms with Gasteiger partial charge in [0.2, 0.25) is 0 Å². The van der Waals surface area contributed by atoms with E-state index in [-0.39, 0.29) is 12.3 Å². The summed E-state index contributed by atoms with van der Waals surface area (Å²) < 4.78 is 11.8. The highest BCUT2D eigenvalue weighted by Gasteiger charge is 2.39. The Balaban J connectivity index is 4.64. The van der Waals surface area contributed by atoms with Gasteiger partial charge in [-0.2, -0.15) is 0 Å². The molecule has 0 spiro atoms. The van der Waals surface area contributed by atoms with Gasteiger partial charge in [0.1, 0.15) is 0 Å². The van der Waals surface area contributed by atoms with Crippen LogP contribution in [0.3, 0.4) is 0 Å². The summed E-state index contributed by atoms with van der Waals surface area (Å²) >= 11 is 0. The van der Waals surface area contributed by atoms with E-state index in [4.69, 9.17) is 9.47 Å². The highest BCUT2D eigenvalue weighted by atomic mass is 16.7. The van der Waals surface area contributed by atoms with Crippen LogP contribution < -0.4 is 0 Å². The average Bonchev–Trinajstić information content (AvgIpc) is 2.48. The predicted molar refractivity (Wildman–Crippen MR) is 90.0 cm³/mol. The van der Waals surface area contributed by atoms with Gasteiger partial charge in [0.05, 0.1) is 6.42 Å². The van der Waals surface area contributed by atoms with Gasteiger partial charge in [0, 0.05) is 19.1 Å². The van der Waals surface area contributed by atoms with E-state index in [1.807, 2.05) is 20.8 Å². The van der Waals surface area contributed by atoms with E-state index in [0.29, 0.717) is 19.6 Å². The fraction of sp³-hybridized carbons (Fsp3) is 0.944. The molecule has 0 aromatic rings. The van der Waals surface area contributed by atoms with Crippen molar-refractivity contribution in [1.82, 2.24) is 0 Å². The fourth-order valence-corrected chi connectivity index (χ4v) is 3.12. The first-order valence-electron chi connectivity index (χ1n) is 9.05. The van der Waals surface area contributed by atoms with Gasteiger partial charge in [0.15, 0.2) is 5.79 Å². The fourth-order valence-electron chi connectivity index (χ4n) is 3.12. The molecule has 0 bridgehead atoms. The third kappa shape index (κ3) is 8.14. The molecule has 0 aromatic carbocycles. The van der Waals surface area contributed by atoms with Crippen molar-refractivity contribution >= 4 is 5.97 Å². The summed E-state index contributed by atoms with van der Waals surface area (Å²) in [5.74, 6) is -1.60. The van der Waals surface area contributed by atoms with Crippen LogP contribution in [-0.2, 0) is 14.3 Å². The highest BCUT2D eigenvalue weighted by Crippen LogP contribution is 2.34. The van der Waals surface area contributed by atoms with Crippen LogP contribution >= 0.6 is 0 Å². The van der Waals surface area contributed by atoms with Crippen molar-refractivity contribution in [3.63, 3.8) is 0 Å². The summed E-state index contributed by atoms with van der Waals surface area (Å²) in [4.78, 5) is 11.2. The quantitative estimate of drug-likeness (QED) is 0.341. The largest absolute Gasteiger partial charge is 0.481 e. The number of hydrogen-bond acceptors (Lipinski definition) is 3. The number of hydrogen-bond donors (Lipinski definition) is 1. The molecule has 0 aromatic heterocycles. The summed E-state index contributed by atoms with van der Waals surface area (Å²) in [6, 6.07) is 0. The van der Waals surface area contributed by atoms with Crippen LogP contribution in [0.5, 0.6) is 0 Å². The molecule has 22 heavy (non-hydrogen) atoms. The van der Waals surface area contributed by atoms with Crippen molar-refractivity contribution in [3.8, 4) is 0 Å². The number of rotatable bonds is 15. The van der Waals surface area contributed by atoms with Crippen LogP contribution in [0.4, 0.5) is 0 Å². The molecule has 0 aliphatic rings. The van der Waals surface area contributed by atoms with Gasteiger partial charge < -0.3 is 14.6 Å². The average molecular weight is 316 g/mol. The Morgan fingerprint density at radius 2 is 1.50 bits per heavy atom. The van der Waals surface area contributed by atoms with Crippen LogP contribution in [0.1, 0.15) is 85.5 Å². The van der Waals surface area contributed by atoms with E-state index in [2.05, 4.69) is 6.92 Å². The Kier molecular flexibility index (Phi) is 12.5. The lowest BCUT2D eigenvalue weighted by atomic mass is 9.87. The lowest BCUT2D eigenvalue weighted by Gasteiger charge is -2.39. The zero-order valence-electron chi connectivity index (χ0n) is 15.0. The molecule has 0 aliphatic carbocycles. The zero-order valence-corrected chi connectivity index (χ0v) is 15.0. The van der Waals surface area contributed by atoms with E-state index in [9.17, 15) is 9.90 Å². The third-order valence-electron chi connectivity index (χ3n) is 4.22. The Morgan fingerprint density at radius 3 is 1.95 bits per heavy atom. The summed E-state index contributed by atoms with van der Waals surface area (Å²) in [5, 5.41) is 9.24. The van der Waals surface area contributed by atoms with Crippen molar-refractivity contribution in [1.29, 1.82) is 0 Å². The van der Waals surface area contributed by atoms with Gasteiger partial charge in [-0.1, -0.05) is 52.4 Å². The van der Waals surface area contributed by atoms with E-state index in [0.717, 1.165) is 19.3 Å². The number of carboxylic acids is 1. The van der Waals surface area contributed by atoms with Gasteiger partial charge in [-0.05, 0) is 26.7 Å². The van der Waals surface area contributed by atoms with E-state index in [1.54, 1.807) is 0 Å². The number of aliphatic carboxylic acids is 1. The summed E-state index contributed by atoms with van der Waals surface area (Å²) in [6.45, 7) is 9.18. The lowest BCUT2D eigenvalue weighted by Crippen LogP contribution is -2.44. The molecule has 0 amide bonds. The summed E-state index contributed by atoms with van der Waals surface area (Å²) in [6.07, 6.45) is 8.89. The molecule has 4 heteroatoms. The van der Waals surface area contributed by atoms with Crippen molar-refractivity contribution < 1.29 is 19.4 Å². The van der Waals surface area contributed by atoms with Crippen molar-refractivity contribution in [2.45, 2.75) is 91.3 Å².